The first kappa shape index (κ1) is 19.5. The molecular weight excluding hydrogens is 398 g/mol. The molecule has 0 aliphatic rings. The lowest BCUT2D eigenvalue weighted by molar-refractivity contribution is -0.168. The first-order chi connectivity index (χ1) is 9.73. The molecule has 0 saturated heterocycles. The minimum Gasteiger partial charge on any atom is -0.361 e. The molecule has 0 aromatic carbocycles. The van der Waals surface area contributed by atoms with Crippen molar-refractivity contribution < 1.29 is 31.1 Å². The van der Waals surface area contributed by atoms with Crippen molar-refractivity contribution in [2.45, 2.75) is 44.8 Å². The van der Waals surface area contributed by atoms with E-state index in [1.807, 2.05) is 19.6 Å². The van der Waals surface area contributed by atoms with Gasteiger partial charge in [0.25, 0.3) is 0 Å². The summed E-state index contributed by atoms with van der Waals surface area (Å²) >= 11 is 2.63. The van der Waals surface area contributed by atoms with Crippen LogP contribution in [-0.4, -0.2) is 24.2 Å². The van der Waals surface area contributed by atoms with Crippen molar-refractivity contribution in [3.8, 4) is 0 Å². The fourth-order valence-electron chi connectivity index (χ4n) is 1.56. The summed E-state index contributed by atoms with van der Waals surface area (Å²) in [5.74, 6) is 0. The Kier molecular flexibility index (Phi) is 5.77. The number of nitrogens with zero attached hydrogens (tertiary/aromatic N) is 2. The number of hydrogen-bond acceptors (Lipinski definition) is 2. The number of aromatic nitrogens is 2. The average molecular weight is 413 g/mol. The molecular formula is C11H15BrF6N2OSi. The zero-order valence-corrected chi connectivity index (χ0v) is 14.7. The van der Waals surface area contributed by atoms with Crippen molar-refractivity contribution in [2.24, 2.45) is 0 Å². The second-order valence-electron chi connectivity index (χ2n) is 5.85. The third-order valence-corrected chi connectivity index (χ3v) is 4.98. The Morgan fingerprint density at radius 1 is 1.09 bits per heavy atom. The Bertz CT molecular complexity index is 520. The van der Waals surface area contributed by atoms with Crippen LogP contribution in [0.3, 0.4) is 0 Å². The van der Waals surface area contributed by atoms with Gasteiger partial charge in [0.15, 0.2) is 16.1 Å². The molecule has 0 aliphatic carbocycles. The normalized spacial score (nSPS) is 13.7. The molecule has 11 heteroatoms. The van der Waals surface area contributed by atoms with Gasteiger partial charge < -0.3 is 4.74 Å². The highest BCUT2D eigenvalue weighted by molar-refractivity contribution is 9.10. The second-order valence-corrected chi connectivity index (χ2v) is 12.2. The molecule has 0 atom stereocenters. The first-order valence-electron chi connectivity index (χ1n) is 6.21. The minimum absolute atomic E-state index is 0.180. The van der Waals surface area contributed by atoms with Gasteiger partial charge in [0.1, 0.15) is 6.73 Å². The molecule has 0 fully saturated rings. The number of alkyl halides is 6. The van der Waals surface area contributed by atoms with E-state index in [1.165, 1.54) is 0 Å². The van der Waals surface area contributed by atoms with Gasteiger partial charge in [-0.25, -0.2) is 4.98 Å². The minimum atomic E-state index is -5.20. The number of imidazole rings is 1. The lowest BCUT2D eigenvalue weighted by atomic mass is 10.3. The molecule has 0 spiro atoms. The number of hydrogen-bond donors (Lipinski definition) is 0. The fraction of sp³-hybridized carbons (Fsp3) is 0.727. The zero-order valence-electron chi connectivity index (χ0n) is 12.1. The molecule has 1 aromatic rings. The maximum atomic E-state index is 12.9. The van der Waals surface area contributed by atoms with E-state index < -0.39 is 43.3 Å². The van der Waals surface area contributed by atoms with Gasteiger partial charge in [0, 0.05) is 14.7 Å². The van der Waals surface area contributed by atoms with Gasteiger partial charge >= 0.3 is 12.4 Å². The van der Waals surface area contributed by atoms with E-state index in [-0.39, 0.29) is 6.61 Å². The Morgan fingerprint density at radius 3 is 2.05 bits per heavy atom. The van der Waals surface area contributed by atoms with Crippen LogP contribution in [-0.2, 0) is 23.8 Å². The van der Waals surface area contributed by atoms with Crippen LogP contribution in [0.15, 0.2) is 4.73 Å². The summed E-state index contributed by atoms with van der Waals surface area (Å²) in [5.41, 5.74) is -3.83. The molecule has 0 saturated carbocycles. The summed E-state index contributed by atoms with van der Waals surface area (Å²) in [4.78, 5) is 2.94. The third-order valence-electron chi connectivity index (χ3n) is 2.67. The molecule has 0 bridgehead atoms. The van der Waals surface area contributed by atoms with E-state index in [1.54, 1.807) is 0 Å². The molecule has 22 heavy (non-hydrogen) atoms. The lowest BCUT2D eigenvalue weighted by Crippen LogP contribution is -2.23. The van der Waals surface area contributed by atoms with Crippen molar-refractivity contribution in [3.63, 3.8) is 0 Å². The fourth-order valence-corrected chi connectivity index (χ4v) is 2.78. The maximum Gasteiger partial charge on any atom is 0.435 e. The van der Waals surface area contributed by atoms with Crippen LogP contribution in [0.2, 0.25) is 25.7 Å². The first-order valence-corrected chi connectivity index (χ1v) is 10.7. The molecule has 128 valence electrons. The van der Waals surface area contributed by atoms with Crippen LogP contribution in [0.4, 0.5) is 26.3 Å². The Balaban J connectivity index is 3.02. The molecule has 0 amide bonds. The molecule has 1 heterocycles. The topological polar surface area (TPSA) is 27.1 Å². The summed E-state index contributed by atoms with van der Waals surface area (Å²) in [6.07, 6.45) is -10.4. The molecule has 1 rings (SSSR count). The van der Waals surface area contributed by atoms with Crippen LogP contribution in [0.25, 0.3) is 0 Å². The summed E-state index contributed by atoms with van der Waals surface area (Å²) in [7, 11) is -1.45. The molecule has 1 aromatic heterocycles. The van der Waals surface area contributed by atoms with Gasteiger partial charge in [-0.05, 0) is 22.0 Å². The molecule has 0 radical (unpaired) electrons. The van der Waals surface area contributed by atoms with Crippen LogP contribution >= 0.6 is 15.9 Å². The van der Waals surface area contributed by atoms with E-state index in [9.17, 15) is 26.3 Å². The van der Waals surface area contributed by atoms with E-state index in [0.29, 0.717) is 10.6 Å². The smallest absolute Gasteiger partial charge is 0.361 e. The maximum absolute atomic E-state index is 12.9. The highest BCUT2D eigenvalue weighted by Crippen LogP contribution is 2.41. The summed E-state index contributed by atoms with van der Waals surface area (Å²) < 4.78 is 81.7. The van der Waals surface area contributed by atoms with Gasteiger partial charge in [-0.3, -0.25) is 4.57 Å². The van der Waals surface area contributed by atoms with Crippen molar-refractivity contribution in [2.75, 3.05) is 6.61 Å². The van der Waals surface area contributed by atoms with Crippen LogP contribution in [0.1, 0.15) is 11.4 Å². The highest BCUT2D eigenvalue weighted by atomic mass is 79.9. The second kappa shape index (κ2) is 6.52. The van der Waals surface area contributed by atoms with Gasteiger partial charge in [-0.2, -0.15) is 26.3 Å². The van der Waals surface area contributed by atoms with Crippen molar-refractivity contribution in [1.29, 1.82) is 0 Å². The van der Waals surface area contributed by atoms with Gasteiger partial charge in [-0.15, -0.1) is 0 Å². The predicted molar refractivity (Wildman–Crippen MR) is 74.0 cm³/mol. The SMILES string of the molecule is C[Si](C)(C)CCOCn1c(Br)nc(C(F)(F)F)c1C(F)(F)F. The molecule has 0 unspecified atom stereocenters. The standard InChI is InChI=1S/C11H15BrF6N2OSi/c1-22(2,3)5-4-21-6-20-8(11(16,17)18)7(10(13,14)15)19-9(20)12/h4-6H2,1-3H3. The number of halogens is 7. The Morgan fingerprint density at radius 2 is 1.64 bits per heavy atom. The number of rotatable bonds is 5. The van der Waals surface area contributed by atoms with Crippen LogP contribution in [0, 0.1) is 0 Å². The van der Waals surface area contributed by atoms with Crippen molar-refractivity contribution >= 4 is 24.0 Å². The highest BCUT2D eigenvalue weighted by Gasteiger charge is 2.48. The molecule has 0 N–H and O–H groups in total. The predicted octanol–water partition coefficient (Wildman–Crippen LogP) is 5.00. The van der Waals surface area contributed by atoms with Crippen LogP contribution < -0.4 is 0 Å². The van der Waals surface area contributed by atoms with Crippen molar-refractivity contribution in [3.05, 3.63) is 16.1 Å². The summed E-state index contributed by atoms with van der Waals surface area (Å²) in [6, 6.07) is 0.687. The Hall–Kier alpha value is -0.553. The summed E-state index contributed by atoms with van der Waals surface area (Å²) in [6.45, 7) is 5.67. The van der Waals surface area contributed by atoms with E-state index >= 15 is 0 Å². The average Bonchev–Trinajstić information content (AvgIpc) is 2.60. The van der Waals surface area contributed by atoms with Crippen molar-refractivity contribution in [1.82, 2.24) is 9.55 Å². The molecule has 3 nitrogen and oxygen atoms in total. The largest absolute Gasteiger partial charge is 0.435 e. The monoisotopic (exact) mass is 412 g/mol. The number of ether oxygens (including phenoxy) is 1. The quantitative estimate of drug-likeness (QED) is 0.386. The third kappa shape index (κ3) is 5.27. The van der Waals surface area contributed by atoms with Gasteiger partial charge in [0.05, 0.1) is 0 Å². The van der Waals surface area contributed by atoms with Gasteiger partial charge in [0.2, 0.25) is 0 Å². The zero-order chi connectivity index (χ0) is 17.3. The van der Waals surface area contributed by atoms with E-state index in [0.717, 1.165) is 0 Å². The molecule has 0 aliphatic heterocycles. The lowest BCUT2D eigenvalue weighted by Gasteiger charge is -2.17. The Labute approximate surface area is 132 Å². The van der Waals surface area contributed by atoms with E-state index in [2.05, 4.69) is 20.9 Å². The van der Waals surface area contributed by atoms with Gasteiger partial charge in [-0.1, -0.05) is 19.6 Å². The van der Waals surface area contributed by atoms with Crippen LogP contribution in [0.5, 0.6) is 0 Å². The summed E-state index contributed by atoms with van der Waals surface area (Å²) in [5, 5.41) is 0. The van der Waals surface area contributed by atoms with E-state index in [4.69, 9.17) is 4.74 Å².